The third-order valence-corrected chi connectivity index (χ3v) is 4.42. The number of carboxylic acids is 1. The number of hydrogen-bond donors (Lipinski definition) is 1. The van der Waals surface area contributed by atoms with Crippen LogP contribution in [0.4, 0.5) is 0 Å². The van der Waals surface area contributed by atoms with Gasteiger partial charge in [0.05, 0.1) is 5.92 Å². The second-order valence-corrected chi connectivity index (χ2v) is 6.62. The number of unbranched alkanes of at least 4 members (excludes halogenated alkanes) is 2. The Bertz CT molecular complexity index is 523. The Morgan fingerprint density at radius 1 is 1.00 bits per heavy atom. The third kappa shape index (κ3) is 6.17. The van der Waals surface area contributed by atoms with E-state index >= 15 is 0 Å². The van der Waals surface area contributed by atoms with Gasteiger partial charge in [0.1, 0.15) is 0 Å². The van der Waals surface area contributed by atoms with Crippen molar-refractivity contribution in [3.63, 3.8) is 0 Å². The molecule has 0 aliphatic heterocycles. The van der Waals surface area contributed by atoms with E-state index in [1.165, 1.54) is 5.56 Å². The highest BCUT2D eigenvalue weighted by molar-refractivity contribution is 5.98. The normalized spacial score (nSPS) is 12.2. The van der Waals surface area contributed by atoms with Crippen LogP contribution in [-0.2, 0) is 4.79 Å². The Hall–Kier alpha value is -1.64. The number of ketones is 1. The summed E-state index contributed by atoms with van der Waals surface area (Å²) < 4.78 is 0. The van der Waals surface area contributed by atoms with E-state index in [0.717, 1.165) is 48.8 Å². The summed E-state index contributed by atoms with van der Waals surface area (Å²) in [6, 6.07) is 4.09. The molecule has 0 spiro atoms. The summed E-state index contributed by atoms with van der Waals surface area (Å²) in [6.07, 6.45) is 5.47. The molecule has 0 heterocycles. The molecule has 0 aliphatic carbocycles. The maximum atomic E-state index is 12.4. The Morgan fingerprint density at radius 3 is 2.09 bits per heavy atom. The van der Waals surface area contributed by atoms with Crippen molar-refractivity contribution < 1.29 is 14.7 Å². The maximum absolute atomic E-state index is 12.4. The van der Waals surface area contributed by atoms with Gasteiger partial charge in [-0.05, 0) is 51.2 Å². The van der Waals surface area contributed by atoms with Crippen LogP contribution < -0.4 is 0 Å². The number of aryl methyl sites for hydroxylation is 3. The van der Waals surface area contributed by atoms with E-state index in [1.807, 2.05) is 32.9 Å². The van der Waals surface area contributed by atoms with Gasteiger partial charge >= 0.3 is 5.97 Å². The Kier molecular flexibility index (Phi) is 8.01. The molecule has 0 aliphatic rings. The van der Waals surface area contributed by atoms with Gasteiger partial charge < -0.3 is 5.11 Å². The molecule has 1 N–H and O–H groups in total. The van der Waals surface area contributed by atoms with E-state index in [0.29, 0.717) is 12.8 Å². The summed E-state index contributed by atoms with van der Waals surface area (Å²) in [4.78, 5) is 23.6. The van der Waals surface area contributed by atoms with E-state index < -0.39 is 5.97 Å². The van der Waals surface area contributed by atoms with Crippen LogP contribution in [0.1, 0.15) is 78.9 Å². The summed E-state index contributed by atoms with van der Waals surface area (Å²) in [5.41, 5.74) is 4.10. The van der Waals surface area contributed by atoms with Crippen molar-refractivity contribution in [1.82, 2.24) is 0 Å². The molecule has 0 fully saturated rings. The molecule has 0 amide bonds. The lowest BCUT2D eigenvalue weighted by Gasteiger charge is -2.12. The number of rotatable bonds is 10. The van der Waals surface area contributed by atoms with Crippen LogP contribution >= 0.6 is 0 Å². The van der Waals surface area contributed by atoms with Crippen LogP contribution in [0.3, 0.4) is 0 Å². The summed E-state index contributed by atoms with van der Waals surface area (Å²) in [6.45, 7) is 8.08. The zero-order valence-corrected chi connectivity index (χ0v) is 14.9. The molecule has 3 nitrogen and oxygen atoms in total. The van der Waals surface area contributed by atoms with Crippen molar-refractivity contribution in [1.29, 1.82) is 0 Å². The number of benzene rings is 1. The molecule has 0 saturated carbocycles. The minimum Gasteiger partial charge on any atom is -0.481 e. The first-order valence-corrected chi connectivity index (χ1v) is 8.70. The SMILES string of the molecule is CCCCC(CCCCC(=O)c1c(C)cc(C)cc1C)C(=O)O. The molecule has 0 radical (unpaired) electrons. The maximum Gasteiger partial charge on any atom is 0.306 e. The predicted octanol–water partition coefficient (Wildman–Crippen LogP) is 5.25. The van der Waals surface area contributed by atoms with Crippen molar-refractivity contribution in [2.75, 3.05) is 0 Å². The summed E-state index contributed by atoms with van der Waals surface area (Å²) in [5.74, 6) is -0.775. The number of aliphatic carboxylic acids is 1. The lowest BCUT2D eigenvalue weighted by Crippen LogP contribution is -2.13. The van der Waals surface area contributed by atoms with Crippen LogP contribution in [0.25, 0.3) is 0 Å². The molecular formula is C20H30O3. The first kappa shape index (κ1) is 19.4. The van der Waals surface area contributed by atoms with E-state index in [-0.39, 0.29) is 11.7 Å². The van der Waals surface area contributed by atoms with Crippen LogP contribution in [0, 0.1) is 26.7 Å². The van der Waals surface area contributed by atoms with Crippen molar-refractivity contribution >= 4 is 11.8 Å². The molecule has 0 saturated heterocycles. The molecule has 0 bridgehead atoms. The van der Waals surface area contributed by atoms with Crippen molar-refractivity contribution in [3.8, 4) is 0 Å². The van der Waals surface area contributed by atoms with E-state index in [1.54, 1.807) is 0 Å². The lowest BCUT2D eigenvalue weighted by atomic mass is 9.92. The van der Waals surface area contributed by atoms with Gasteiger partial charge in [-0.3, -0.25) is 9.59 Å². The average Bonchev–Trinajstić information content (AvgIpc) is 2.44. The van der Waals surface area contributed by atoms with E-state index in [4.69, 9.17) is 0 Å². The van der Waals surface area contributed by atoms with Crippen molar-refractivity contribution in [3.05, 3.63) is 34.4 Å². The van der Waals surface area contributed by atoms with Gasteiger partial charge in [-0.15, -0.1) is 0 Å². The van der Waals surface area contributed by atoms with Gasteiger partial charge in [0.2, 0.25) is 0 Å². The Balaban J connectivity index is 2.49. The largest absolute Gasteiger partial charge is 0.481 e. The number of carbonyl (C=O) groups is 2. The quantitative estimate of drug-likeness (QED) is 0.474. The fourth-order valence-electron chi connectivity index (χ4n) is 3.26. The summed E-state index contributed by atoms with van der Waals surface area (Å²) >= 11 is 0. The van der Waals surface area contributed by atoms with Crippen LogP contribution in [0.15, 0.2) is 12.1 Å². The topological polar surface area (TPSA) is 54.4 Å². The lowest BCUT2D eigenvalue weighted by molar-refractivity contribution is -0.142. The monoisotopic (exact) mass is 318 g/mol. The zero-order valence-electron chi connectivity index (χ0n) is 14.9. The molecule has 128 valence electrons. The highest BCUT2D eigenvalue weighted by Crippen LogP contribution is 2.21. The smallest absolute Gasteiger partial charge is 0.306 e. The summed E-state index contributed by atoms with van der Waals surface area (Å²) in [5, 5.41) is 9.22. The molecule has 23 heavy (non-hydrogen) atoms. The van der Waals surface area contributed by atoms with Gasteiger partial charge in [0.15, 0.2) is 5.78 Å². The fraction of sp³-hybridized carbons (Fsp3) is 0.600. The van der Waals surface area contributed by atoms with Crippen molar-refractivity contribution in [2.24, 2.45) is 5.92 Å². The van der Waals surface area contributed by atoms with Crippen LogP contribution in [0.2, 0.25) is 0 Å². The predicted molar refractivity (Wildman–Crippen MR) is 94.1 cm³/mol. The molecular weight excluding hydrogens is 288 g/mol. The molecule has 1 rings (SSSR count). The number of Topliss-reactive ketones (excluding diaryl/α,β-unsaturated/α-hetero) is 1. The minimum absolute atomic E-state index is 0.181. The zero-order chi connectivity index (χ0) is 17.4. The Labute approximate surface area is 140 Å². The molecule has 0 aromatic heterocycles. The summed E-state index contributed by atoms with van der Waals surface area (Å²) in [7, 11) is 0. The first-order valence-electron chi connectivity index (χ1n) is 8.70. The van der Waals surface area contributed by atoms with Gasteiger partial charge in [0, 0.05) is 12.0 Å². The van der Waals surface area contributed by atoms with Crippen molar-refractivity contribution in [2.45, 2.75) is 72.6 Å². The highest BCUT2D eigenvalue weighted by Gasteiger charge is 2.17. The number of carboxylic acid groups (broad SMARTS) is 1. The number of hydrogen-bond acceptors (Lipinski definition) is 2. The molecule has 3 heteroatoms. The van der Waals surface area contributed by atoms with E-state index in [9.17, 15) is 14.7 Å². The first-order chi connectivity index (χ1) is 10.9. The van der Waals surface area contributed by atoms with Gasteiger partial charge in [-0.1, -0.05) is 43.9 Å². The molecule has 1 aromatic rings. The van der Waals surface area contributed by atoms with Gasteiger partial charge in [-0.25, -0.2) is 0 Å². The second-order valence-electron chi connectivity index (χ2n) is 6.62. The average molecular weight is 318 g/mol. The van der Waals surface area contributed by atoms with Crippen LogP contribution in [0.5, 0.6) is 0 Å². The molecule has 1 unspecified atom stereocenters. The highest BCUT2D eigenvalue weighted by atomic mass is 16.4. The number of carbonyl (C=O) groups excluding carboxylic acids is 1. The molecule has 1 aromatic carbocycles. The van der Waals surface area contributed by atoms with Gasteiger partial charge in [0.25, 0.3) is 0 Å². The Morgan fingerprint density at radius 2 is 1.57 bits per heavy atom. The standard InChI is InChI=1S/C20H30O3/c1-5-6-9-17(20(22)23)10-7-8-11-18(21)19-15(3)12-14(2)13-16(19)4/h12-13,17H,5-11H2,1-4H3,(H,22,23). The fourth-order valence-corrected chi connectivity index (χ4v) is 3.26. The second kappa shape index (κ2) is 9.49. The molecule has 1 atom stereocenters. The minimum atomic E-state index is -0.699. The van der Waals surface area contributed by atoms with Crippen LogP contribution in [-0.4, -0.2) is 16.9 Å². The third-order valence-electron chi connectivity index (χ3n) is 4.42. The van der Waals surface area contributed by atoms with E-state index in [2.05, 4.69) is 6.92 Å². The van der Waals surface area contributed by atoms with Gasteiger partial charge in [-0.2, -0.15) is 0 Å².